The number of pyridine rings is 1. The van der Waals surface area contributed by atoms with Crippen molar-refractivity contribution >= 4 is 23.4 Å². The number of hydrogen-bond acceptors (Lipinski definition) is 5. The van der Waals surface area contributed by atoms with E-state index in [1.54, 1.807) is 43.5 Å². The monoisotopic (exact) mass is 339 g/mol. The Morgan fingerprint density at radius 1 is 1.16 bits per heavy atom. The Labute approximate surface area is 144 Å². The van der Waals surface area contributed by atoms with Crippen molar-refractivity contribution < 1.29 is 19.1 Å². The summed E-state index contributed by atoms with van der Waals surface area (Å²) in [5.41, 5.74) is 1.15. The average Bonchev–Trinajstić information content (AvgIpc) is 2.87. The van der Waals surface area contributed by atoms with Gasteiger partial charge < -0.3 is 10.1 Å². The molecule has 1 aliphatic heterocycles. The van der Waals surface area contributed by atoms with Crippen molar-refractivity contribution in [2.75, 3.05) is 19.0 Å². The Morgan fingerprint density at radius 2 is 1.92 bits per heavy atom. The van der Waals surface area contributed by atoms with Crippen molar-refractivity contribution in [2.24, 2.45) is 0 Å². The third-order valence-corrected chi connectivity index (χ3v) is 3.89. The third kappa shape index (κ3) is 3.50. The van der Waals surface area contributed by atoms with E-state index in [4.69, 9.17) is 4.74 Å². The Kier molecular flexibility index (Phi) is 4.74. The Morgan fingerprint density at radius 3 is 2.60 bits per heavy atom. The lowest BCUT2D eigenvalue weighted by atomic mass is 10.2. The van der Waals surface area contributed by atoms with Gasteiger partial charge in [0.05, 0.1) is 12.7 Å². The molecule has 3 rings (SSSR count). The molecule has 1 aromatic carbocycles. The lowest BCUT2D eigenvalue weighted by Gasteiger charge is -2.13. The number of benzene rings is 1. The van der Waals surface area contributed by atoms with Crippen LogP contribution in [0.1, 0.15) is 33.7 Å². The van der Waals surface area contributed by atoms with Crippen LogP contribution in [0, 0.1) is 0 Å². The predicted molar refractivity (Wildman–Crippen MR) is 90.5 cm³/mol. The second-order valence-electron chi connectivity index (χ2n) is 5.54. The summed E-state index contributed by atoms with van der Waals surface area (Å²) in [6.45, 7) is 0.185. The molecule has 0 bridgehead atoms. The van der Waals surface area contributed by atoms with Crippen LogP contribution in [-0.4, -0.2) is 41.3 Å². The number of carbonyl (C=O) groups is 3. The summed E-state index contributed by atoms with van der Waals surface area (Å²) in [6, 6.07) is 10.2. The maximum atomic E-state index is 12.2. The lowest BCUT2D eigenvalue weighted by Crippen LogP contribution is -2.31. The molecule has 7 nitrogen and oxygen atoms in total. The lowest BCUT2D eigenvalue weighted by molar-refractivity contribution is -0.116. The van der Waals surface area contributed by atoms with Crippen LogP contribution in [0.4, 0.5) is 5.69 Å². The number of methoxy groups -OCH3 is 1. The molecule has 0 spiro atoms. The van der Waals surface area contributed by atoms with Crippen LogP contribution < -0.4 is 10.1 Å². The van der Waals surface area contributed by atoms with E-state index in [0.29, 0.717) is 23.4 Å². The number of imide groups is 1. The summed E-state index contributed by atoms with van der Waals surface area (Å²) in [4.78, 5) is 41.4. The summed E-state index contributed by atoms with van der Waals surface area (Å²) < 4.78 is 5.06. The molecule has 1 aliphatic rings. The molecule has 0 unspecified atom stereocenters. The van der Waals surface area contributed by atoms with Gasteiger partial charge in [-0.25, -0.2) is 0 Å². The smallest absolute Gasteiger partial charge is 0.280 e. The number of amides is 3. The van der Waals surface area contributed by atoms with Gasteiger partial charge in [0.15, 0.2) is 0 Å². The van der Waals surface area contributed by atoms with Gasteiger partial charge in [-0.2, -0.15) is 0 Å². The van der Waals surface area contributed by atoms with Crippen molar-refractivity contribution in [1.82, 2.24) is 9.88 Å². The number of ether oxygens (including phenoxy) is 1. The number of hydrogen-bond donors (Lipinski definition) is 1. The standard InChI is InChI=1S/C18H17N3O4/c1-25-13-8-6-12(7-9-13)20-15(22)5-3-11-21-17(23)14-4-2-10-19-16(14)18(21)24/h2,4,6-10H,3,5,11H2,1H3,(H,20,22). The molecule has 2 heterocycles. The minimum Gasteiger partial charge on any atom is -0.497 e. The van der Waals surface area contributed by atoms with Crippen LogP contribution >= 0.6 is 0 Å². The molecule has 0 aliphatic carbocycles. The molecular formula is C18H17N3O4. The van der Waals surface area contributed by atoms with Crippen molar-refractivity contribution in [3.05, 3.63) is 53.9 Å². The maximum Gasteiger partial charge on any atom is 0.280 e. The Bertz CT molecular complexity index is 782. The van der Waals surface area contributed by atoms with E-state index in [1.807, 2.05) is 0 Å². The number of anilines is 1. The molecule has 128 valence electrons. The van der Waals surface area contributed by atoms with Crippen LogP contribution in [0.5, 0.6) is 5.75 Å². The molecule has 1 N–H and O–H groups in total. The highest BCUT2D eigenvalue weighted by atomic mass is 16.5. The molecule has 3 amide bonds. The fraction of sp³-hybridized carbons (Fsp3) is 0.222. The molecular weight excluding hydrogens is 322 g/mol. The normalized spacial score (nSPS) is 12.9. The molecule has 2 aromatic rings. The van der Waals surface area contributed by atoms with E-state index >= 15 is 0 Å². The van der Waals surface area contributed by atoms with Crippen molar-refractivity contribution in [2.45, 2.75) is 12.8 Å². The molecule has 25 heavy (non-hydrogen) atoms. The number of nitrogens with one attached hydrogen (secondary N) is 1. The van der Waals surface area contributed by atoms with E-state index in [-0.39, 0.29) is 30.5 Å². The maximum absolute atomic E-state index is 12.2. The van der Waals surface area contributed by atoms with E-state index < -0.39 is 5.91 Å². The summed E-state index contributed by atoms with van der Waals surface area (Å²) in [7, 11) is 1.57. The summed E-state index contributed by atoms with van der Waals surface area (Å²) in [5, 5.41) is 2.76. The van der Waals surface area contributed by atoms with Crippen LogP contribution in [0.15, 0.2) is 42.6 Å². The fourth-order valence-corrected chi connectivity index (χ4v) is 2.61. The first-order valence-corrected chi connectivity index (χ1v) is 7.85. The molecule has 0 fully saturated rings. The molecule has 0 atom stereocenters. The Balaban J connectivity index is 1.50. The zero-order chi connectivity index (χ0) is 17.8. The number of rotatable bonds is 6. The highest BCUT2D eigenvalue weighted by molar-refractivity contribution is 6.20. The minimum atomic E-state index is -0.406. The number of aromatic nitrogens is 1. The van der Waals surface area contributed by atoms with E-state index in [0.717, 1.165) is 4.90 Å². The van der Waals surface area contributed by atoms with Crippen LogP contribution in [-0.2, 0) is 4.79 Å². The first-order chi connectivity index (χ1) is 12.1. The van der Waals surface area contributed by atoms with E-state index in [1.165, 1.54) is 6.20 Å². The topological polar surface area (TPSA) is 88.6 Å². The second-order valence-corrected chi connectivity index (χ2v) is 5.54. The highest BCUT2D eigenvalue weighted by Crippen LogP contribution is 2.21. The summed E-state index contributed by atoms with van der Waals surface area (Å²) >= 11 is 0. The third-order valence-electron chi connectivity index (χ3n) is 3.89. The number of fused-ring (bicyclic) bond motifs is 1. The van der Waals surface area contributed by atoms with Gasteiger partial charge in [0.1, 0.15) is 11.4 Å². The highest BCUT2D eigenvalue weighted by Gasteiger charge is 2.36. The van der Waals surface area contributed by atoms with Gasteiger partial charge in [0.25, 0.3) is 11.8 Å². The molecule has 0 saturated carbocycles. The van der Waals surface area contributed by atoms with Gasteiger partial charge in [-0.1, -0.05) is 0 Å². The van der Waals surface area contributed by atoms with Crippen LogP contribution in [0.25, 0.3) is 0 Å². The second kappa shape index (κ2) is 7.12. The van der Waals surface area contributed by atoms with Gasteiger partial charge in [-0.05, 0) is 42.8 Å². The van der Waals surface area contributed by atoms with Crippen LogP contribution in [0.2, 0.25) is 0 Å². The molecule has 0 radical (unpaired) electrons. The quantitative estimate of drug-likeness (QED) is 0.814. The van der Waals surface area contributed by atoms with Gasteiger partial charge in [0.2, 0.25) is 5.91 Å². The van der Waals surface area contributed by atoms with E-state index in [9.17, 15) is 14.4 Å². The van der Waals surface area contributed by atoms with Gasteiger partial charge in [0, 0.05) is 24.8 Å². The first kappa shape index (κ1) is 16.6. The Hall–Kier alpha value is -3.22. The van der Waals surface area contributed by atoms with E-state index in [2.05, 4.69) is 10.3 Å². The number of nitrogens with zero attached hydrogens (tertiary/aromatic N) is 2. The molecule has 0 saturated heterocycles. The largest absolute Gasteiger partial charge is 0.497 e. The van der Waals surface area contributed by atoms with Crippen molar-refractivity contribution in [3.8, 4) is 5.75 Å². The fourth-order valence-electron chi connectivity index (χ4n) is 2.61. The first-order valence-electron chi connectivity index (χ1n) is 7.85. The van der Waals surface area contributed by atoms with Gasteiger partial charge >= 0.3 is 0 Å². The summed E-state index contributed by atoms with van der Waals surface area (Å²) in [5.74, 6) is -0.239. The zero-order valence-electron chi connectivity index (χ0n) is 13.7. The summed E-state index contributed by atoms with van der Waals surface area (Å²) in [6.07, 6.45) is 2.07. The zero-order valence-corrected chi connectivity index (χ0v) is 13.7. The van der Waals surface area contributed by atoms with Crippen molar-refractivity contribution in [3.63, 3.8) is 0 Å². The SMILES string of the molecule is COc1ccc(NC(=O)CCCN2C(=O)c3cccnc3C2=O)cc1. The molecule has 1 aromatic heterocycles. The van der Waals surface area contributed by atoms with Gasteiger partial charge in [-0.15, -0.1) is 0 Å². The number of carbonyl (C=O) groups excluding carboxylic acids is 3. The minimum absolute atomic E-state index is 0.176. The van der Waals surface area contributed by atoms with Crippen molar-refractivity contribution in [1.29, 1.82) is 0 Å². The average molecular weight is 339 g/mol. The van der Waals surface area contributed by atoms with Gasteiger partial charge in [-0.3, -0.25) is 24.3 Å². The molecule has 7 heteroatoms. The van der Waals surface area contributed by atoms with Crippen LogP contribution in [0.3, 0.4) is 0 Å². The predicted octanol–water partition coefficient (Wildman–Crippen LogP) is 2.11.